The molecule has 2 aliphatic rings. The second kappa shape index (κ2) is 12.5. The molecule has 10 heteroatoms. The van der Waals surface area contributed by atoms with E-state index < -0.39 is 22.3 Å². The quantitative estimate of drug-likeness (QED) is 0.301. The van der Waals surface area contributed by atoms with Crippen LogP contribution in [0.4, 0.5) is 14.6 Å². The second-order valence-corrected chi connectivity index (χ2v) is 12.4. The van der Waals surface area contributed by atoms with E-state index >= 15 is 0 Å². The molecule has 2 heterocycles. The first-order valence-electron chi connectivity index (χ1n) is 13.8. The lowest BCUT2D eigenvalue weighted by molar-refractivity contribution is -0.134. The molecule has 1 amide bonds. The number of pyridine rings is 1. The van der Waals surface area contributed by atoms with Crippen molar-refractivity contribution in [3.8, 4) is 16.9 Å². The van der Waals surface area contributed by atoms with Gasteiger partial charge >= 0.3 is 0 Å². The number of carbonyl (C=O) groups is 1. The molecular formula is C31H35ClF2N4O2S. The molecule has 2 unspecified atom stereocenters. The van der Waals surface area contributed by atoms with Gasteiger partial charge in [-0.05, 0) is 80.3 Å². The van der Waals surface area contributed by atoms with Crippen molar-refractivity contribution < 1.29 is 18.3 Å². The van der Waals surface area contributed by atoms with Gasteiger partial charge in [0.05, 0.1) is 17.4 Å². The summed E-state index contributed by atoms with van der Waals surface area (Å²) in [5, 5.41) is 1.54. The maximum Gasteiger partial charge on any atom is 0.238 e. The van der Waals surface area contributed by atoms with Crippen molar-refractivity contribution in [1.82, 2.24) is 15.2 Å². The van der Waals surface area contributed by atoms with Crippen LogP contribution in [0.5, 0.6) is 5.75 Å². The fourth-order valence-electron chi connectivity index (χ4n) is 5.77. The smallest absolute Gasteiger partial charge is 0.238 e. The Balaban J connectivity index is 1.49. The first-order chi connectivity index (χ1) is 19.7. The van der Waals surface area contributed by atoms with E-state index in [-0.39, 0.29) is 22.4 Å². The number of hydrogen-bond donors (Lipinski definition) is 1. The number of anilines is 1. The zero-order valence-corrected chi connectivity index (χ0v) is 25.2. The predicted octanol–water partition coefficient (Wildman–Crippen LogP) is 6.42. The fourth-order valence-corrected chi connectivity index (χ4v) is 7.59. The molecule has 0 saturated heterocycles. The number of amides is 1. The molecule has 2 atom stereocenters. The van der Waals surface area contributed by atoms with Gasteiger partial charge in [-0.3, -0.25) is 4.79 Å². The van der Waals surface area contributed by atoms with Gasteiger partial charge in [0.1, 0.15) is 28.5 Å². The van der Waals surface area contributed by atoms with Crippen LogP contribution in [0.25, 0.3) is 11.1 Å². The zero-order valence-electron chi connectivity index (χ0n) is 23.7. The van der Waals surface area contributed by atoms with Crippen molar-refractivity contribution >= 4 is 35.1 Å². The van der Waals surface area contributed by atoms with Crippen molar-refractivity contribution in [2.45, 2.75) is 59.8 Å². The first kappa shape index (κ1) is 29.6. The zero-order chi connectivity index (χ0) is 29.3. The second-order valence-electron chi connectivity index (χ2n) is 10.8. The summed E-state index contributed by atoms with van der Waals surface area (Å²) >= 11 is 7.72. The summed E-state index contributed by atoms with van der Waals surface area (Å²) in [6.07, 6.45) is 5.26. The monoisotopic (exact) mass is 600 g/mol. The number of carbonyl (C=O) groups excluding carboxylic acids is 1. The summed E-state index contributed by atoms with van der Waals surface area (Å²) in [7, 11) is 7.46. The number of methoxy groups -OCH3 is 1. The van der Waals surface area contributed by atoms with Crippen LogP contribution in [-0.2, 0) is 11.3 Å². The maximum absolute atomic E-state index is 14.7. The lowest BCUT2D eigenvalue weighted by Crippen LogP contribution is -2.47. The highest BCUT2D eigenvalue weighted by Gasteiger charge is 2.44. The molecule has 1 aliphatic carbocycles. The molecule has 1 aromatic heterocycles. The number of benzene rings is 2. The van der Waals surface area contributed by atoms with E-state index in [1.807, 2.05) is 61.3 Å². The summed E-state index contributed by atoms with van der Waals surface area (Å²) in [6.45, 7) is 0.290. The Morgan fingerprint density at radius 3 is 2.44 bits per heavy atom. The molecule has 2 aromatic carbocycles. The fraction of sp³-hybridized carbons (Fsp3) is 0.419. The van der Waals surface area contributed by atoms with Crippen LogP contribution >= 0.6 is 23.4 Å². The van der Waals surface area contributed by atoms with Crippen molar-refractivity contribution in [3.05, 3.63) is 71.4 Å². The Bertz CT molecular complexity index is 1420. The highest BCUT2D eigenvalue weighted by molar-refractivity contribution is 8.01. The first-order valence-corrected chi connectivity index (χ1v) is 15.1. The number of aromatic nitrogens is 1. The van der Waals surface area contributed by atoms with Crippen LogP contribution in [0, 0.1) is 11.6 Å². The molecular weight excluding hydrogens is 566 g/mol. The molecule has 218 valence electrons. The molecule has 0 radical (unpaired) electrons. The molecule has 41 heavy (non-hydrogen) atoms. The highest BCUT2D eigenvalue weighted by Crippen LogP contribution is 2.51. The van der Waals surface area contributed by atoms with Gasteiger partial charge in [-0.25, -0.2) is 13.8 Å². The predicted molar refractivity (Wildman–Crippen MR) is 161 cm³/mol. The number of nitrogens with one attached hydrogen (secondary N) is 1. The molecule has 0 spiro atoms. The Hall–Kier alpha value is -2.88. The van der Waals surface area contributed by atoms with Crippen LogP contribution in [0.15, 0.2) is 53.6 Å². The topological polar surface area (TPSA) is 57.7 Å². The average Bonchev–Trinajstić information content (AvgIpc) is 3.35. The number of thioether (sulfide) groups is 1. The third-order valence-electron chi connectivity index (χ3n) is 8.11. The standard InChI is InChI=1S/C31H35ClF2N4O2S/c1-35-21-6-8-22(9-7-21)38(31(39)30-28(32)27-23(33)10-11-24(34)29(27)41-30)17-20-15-18(5-12-25(20)40-4)19-13-14-36-26(16-19)37(2)3/h5,10-16,21-22,28,30,35H,6-9,17H2,1-4H3. The van der Waals surface area contributed by atoms with Crippen molar-refractivity contribution in [2.75, 3.05) is 33.2 Å². The van der Waals surface area contributed by atoms with Crippen molar-refractivity contribution in [2.24, 2.45) is 0 Å². The van der Waals surface area contributed by atoms with Crippen molar-refractivity contribution in [1.29, 1.82) is 0 Å². The van der Waals surface area contributed by atoms with Gasteiger partial charge in [0.2, 0.25) is 5.91 Å². The number of hydrogen-bond acceptors (Lipinski definition) is 6. The van der Waals surface area contributed by atoms with Gasteiger partial charge < -0.3 is 19.9 Å². The summed E-state index contributed by atoms with van der Waals surface area (Å²) in [5.74, 6) is 0.137. The van der Waals surface area contributed by atoms with Gasteiger partial charge in [-0.2, -0.15) is 0 Å². The number of rotatable bonds is 8. The van der Waals surface area contributed by atoms with E-state index in [1.165, 1.54) is 0 Å². The summed E-state index contributed by atoms with van der Waals surface area (Å²) in [4.78, 5) is 22.6. The van der Waals surface area contributed by atoms with E-state index in [4.69, 9.17) is 16.3 Å². The molecule has 3 aromatic rings. The van der Waals surface area contributed by atoms with Gasteiger partial charge in [-0.15, -0.1) is 23.4 Å². The minimum absolute atomic E-state index is 0.0374. The maximum atomic E-state index is 14.7. The molecule has 1 aliphatic heterocycles. The van der Waals surface area contributed by atoms with E-state index in [1.54, 1.807) is 13.3 Å². The lowest BCUT2D eigenvalue weighted by atomic mass is 9.89. The van der Waals surface area contributed by atoms with E-state index in [0.29, 0.717) is 18.3 Å². The minimum Gasteiger partial charge on any atom is -0.496 e. The largest absolute Gasteiger partial charge is 0.496 e. The Morgan fingerprint density at radius 2 is 1.78 bits per heavy atom. The van der Waals surface area contributed by atoms with Crippen LogP contribution in [0.2, 0.25) is 0 Å². The van der Waals surface area contributed by atoms with Gasteiger partial charge in [0, 0.05) is 50.0 Å². The number of nitrogens with zero attached hydrogens (tertiary/aromatic N) is 3. The minimum atomic E-state index is -0.969. The van der Waals surface area contributed by atoms with Crippen molar-refractivity contribution in [3.63, 3.8) is 0 Å². The molecule has 1 saturated carbocycles. The van der Waals surface area contributed by atoms with Crippen LogP contribution in [0.1, 0.15) is 42.2 Å². The molecule has 6 nitrogen and oxygen atoms in total. The summed E-state index contributed by atoms with van der Waals surface area (Å²) in [6, 6.07) is 12.4. The third kappa shape index (κ3) is 6.03. The molecule has 5 rings (SSSR count). The average molecular weight is 601 g/mol. The van der Waals surface area contributed by atoms with Gasteiger partial charge in [-0.1, -0.05) is 6.07 Å². The summed E-state index contributed by atoms with van der Waals surface area (Å²) < 4.78 is 35.1. The number of alkyl halides is 1. The lowest BCUT2D eigenvalue weighted by Gasteiger charge is -2.38. The van der Waals surface area contributed by atoms with Crippen LogP contribution in [0.3, 0.4) is 0 Å². The number of ether oxygens (including phenoxy) is 1. The Kier molecular flexibility index (Phi) is 9.06. The van der Waals surface area contributed by atoms with Crippen LogP contribution in [-0.4, -0.2) is 61.4 Å². The third-order valence-corrected chi connectivity index (χ3v) is 10.1. The van der Waals surface area contributed by atoms with E-state index in [2.05, 4.69) is 10.3 Å². The Morgan fingerprint density at radius 1 is 1.07 bits per heavy atom. The molecule has 0 bridgehead atoms. The highest BCUT2D eigenvalue weighted by atomic mass is 35.5. The molecule has 1 N–H and O–H groups in total. The SMILES string of the molecule is CNC1CCC(N(Cc2cc(-c3ccnc(N(C)C)c3)ccc2OC)C(=O)C2Sc3c(F)ccc(F)c3C2Cl)CC1. The van der Waals surface area contributed by atoms with Gasteiger partial charge in [0.25, 0.3) is 0 Å². The van der Waals surface area contributed by atoms with Gasteiger partial charge in [0.15, 0.2) is 0 Å². The molecule has 1 fully saturated rings. The number of fused-ring (bicyclic) bond motifs is 1. The van der Waals surface area contributed by atoms with E-state index in [9.17, 15) is 13.6 Å². The normalized spacial score (nSPS) is 21.8. The van der Waals surface area contributed by atoms with E-state index in [0.717, 1.165) is 72.1 Å². The van der Waals surface area contributed by atoms with Crippen LogP contribution < -0.4 is 15.0 Å². The summed E-state index contributed by atoms with van der Waals surface area (Å²) in [5.41, 5.74) is 2.89. The Labute approximate surface area is 249 Å². The number of halogens is 3.